The summed E-state index contributed by atoms with van der Waals surface area (Å²) in [6.07, 6.45) is 1.11. The molecule has 1 aromatic carbocycles. The maximum absolute atomic E-state index is 11.9. The molecule has 0 heterocycles. The first-order chi connectivity index (χ1) is 8.65. The fourth-order valence-electron chi connectivity index (χ4n) is 1.59. The summed E-state index contributed by atoms with van der Waals surface area (Å²) in [4.78, 5) is 13.9. The van der Waals surface area contributed by atoms with Gasteiger partial charge in [-0.1, -0.05) is 13.0 Å². The highest BCUT2D eigenvalue weighted by molar-refractivity contribution is 5.95. The predicted molar refractivity (Wildman–Crippen MR) is 76.3 cm³/mol. The summed E-state index contributed by atoms with van der Waals surface area (Å²) in [6, 6.07) is 7.62. The van der Waals surface area contributed by atoms with E-state index in [4.69, 9.17) is 0 Å². The maximum Gasteiger partial charge on any atom is 0.251 e. The molecule has 0 aliphatic carbocycles. The summed E-state index contributed by atoms with van der Waals surface area (Å²) < 4.78 is 0. The van der Waals surface area contributed by atoms with Crippen molar-refractivity contribution in [2.45, 2.75) is 13.3 Å². The van der Waals surface area contributed by atoms with Gasteiger partial charge in [-0.25, -0.2) is 0 Å². The second kappa shape index (κ2) is 7.71. The van der Waals surface area contributed by atoms with Gasteiger partial charge < -0.3 is 15.5 Å². The van der Waals surface area contributed by atoms with Crippen LogP contribution in [0.5, 0.6) is 0 Å². The standard InChI is InChI=1S/C14H23N3O/c1-4-8-15-9-10-16-14(18)12-6-5-7-13(11-12)17(2)3/h5-7,11,15H,4,8-10H2,1-3H3,(H,16,18). The van der Waals surface area contributed by atoms with E-state index in [0.29, 0.717) is 12.1 Å². The Hall–Kier alpha value is -1.55. The molecule has 4 heteroatoms. The van der Waals surface area contributed by atoms with Gasteiger partial charge in [0.1, 0.15) is 0 Å². The number of nitrogens with zero attached hydrogens (tertiary/aromatic N) is 1. The molecule has 0 spiro atoms. The molecule has 1 rings (SSSR count). The minimum atomic E-state index is -0.0167. The molecule has 0 radical (unpaired) electrons. The number of carbonyl (C=O) groups is 1. The number of hydrogen-bond acceptors (Lipinski definition) is 3. The number of carbonyl (C=O) groups excluding carboxylic acids is 1. The van der Waals surface area contributed by atoms with Crippen LogP contribution in [0.4, 0.5) is 5.69 Å². The van der Waals surface area contributed by atoms with Crippen LogP contribution in [0.3, 0.4) is 0 Å². The van der Waals surface area contributed by atoms with Crippen molar-refractivity contribution in [1.29, 1.82) is 0 Å². The minimum Gasteiger partial charge on any atom is -0.378 e. The van der Waals surface area contributed by atoms with Crippen molar-refractivity contribution in [3.05, 3.63) is 29.8 Å². The molecule has 0 aliphatic rings. The number of anilines is 1. The van der Waals surface area contributed by atoms with E-state index >= 15 is 0 Å². The van der Waals surface area contributed by atoms with Crippen LogP contribution in [0.2, 0.25) is 0 Å². The third kappa shape index (κ3) is 4.75. The minimum absolute atomic E-state index is 0.0167. The van der Waals surface area contributed by atoms with E-state index < -0.39 is 0 Å². The van der Waals surface area contributed by atoms with Gasteiger partial charge in [-0.15, -0.1) is 0 Å². The quantitative estimate of drug-likeness (QED) is 0.720. The molecule has 1 amide bonds. The van der Waals surface area contributed by atoms with Crippen molar-refractivity contribution < 1.29 is 4.79 Å². The van der Waals surface area contributed by atoms with Crippen LogP contribution in [0.1, 0.15) is 23.7 Å². The van der Waals surface area contributed by atoms with E-state index in [0.717, 1.165) is 25.2 Å². The van der Waals surface area contributed by atoms with Gasteiger partial charge in [0, 0.05) is 38.4 Å². The maximum atomic E-state index is 11.9. The average Bonchev–Trinajstić information content (AvgIpc) is 2.38. The summed E-state index contributed by atoms with van der Waals surface area (Å²) in [7, 11) is 3.93. The smallest absolute Gasteiger partial charge is 0.251 e. The first kappa shape index (κ1) is 14.5. The Morgan fingerprint density at radius 3 is 2.67 bits per heavy atom. The van der Waals surface area contributed by atoms with Gasteiger partial charge in [0.05, 0.1) is 0 Å². The van der Waals surface area contributed by atoms with E-state index in [1.165, 1.54) is 0 Å². The molecule has 0 bridgehead atoms. The number of nitrogens with one attached hydrogen (secondary N) is 2. The van der Waals surface area contributed by atoms with Gasteiger partial charge in [-0.2, -0.15) is 0 Å². The zero-order chi connectivity index (χ0) is 13.4. The van der Waals surface area contributed by atoms with Gasteiger partial charge >= 0.3 is 0 Å². The van der Waals surface area contributed by atoms with Crippen molar-refractivity contribution in [1.82, 2.24) is 10.6 Å². The number of amides is 1. The highest BCUT2D eigenvalue weighted by Gasteiger charge is 2.05. The van der Waals surface area contributed by atoms with Gasteiger partial charge in [0.25, 0.3) is 5.91 Å². The van der Waals surface area contributed by atoms with E-state index in [9.17, 15) is 4.79 Å². The first-order valence-corrected chi connectivity index (χ1v) is 6.41. The van der Waals surface area contributed by atoms with E-state index in [2.05, 4.69) is 17.6 Å². The van der Waals surface area contributed by atoms with Gasteiger partial charge in [0.15, 0.2) is 0 Å². The largest absolute Gasteiger partial charge is 0.378 e. The summed E-state index contributed by atoms with van der Waals surface area (Å²) >= 11 is 0. The monoisotopic (exact) mass is 249 g/mol. The molecule has 2 N–H and O–H groups in total. The molecule has 0 unspecified atom stereocenters. The van der Waals surface area contributed by atoms with Crippen molar-refractivity contribution in [3.8, 4) is 0 Å². The van der Waals surface area contributed by atoms with Crippen LogP contribution < -0.4 is 15.5 Å². The molecule has 100 valence electrons. The molecular formula is C14H23N3O. The van der Waals surface area contributed by atoms with Crippen molar-refractivity contribution in [2.75, 3.05) is 38.6 Å². The second-order valence-corrected chi connectivity index (χ2v) is 4.45. The SMILES string of the molecule is CCCNCCNC(=O)c1cccc(N(C)C)c1. The van der Waals surface area contributed by atoms with Crippen molar-refractivity contribution >= 4 is 11.6 Å². The Kier molecular flexibility index (Phi) is 6.22. The Morgan fingerprint density at radius 2 is 2.00 bits per heavy atom. The van der Waals surface area contributed by atoms with Crippen LogP contribution in [0.15, 0.2) is 24.3 Å². The lowest BCUT2D eigenvalue weighted by Crippen LogP contribution is -2.32. The third-order valence-electron chi connectivity index (χ3n) is 2.64. The van der Waals surface area contributed by atoms with Crippen LogP contribution in [0, 0.1) is 0 Å². The lowest BCUT2D eigenvalue weighted by atomic mass is 10.2. The Bertz CT molecular complexity index is 377. The average molecular weight is 249 g/mol. The molecule has 0 aliphatic heterocycles. The zero-order valence-corrected chi connectivity index (χ0v) is 11.5. The first-order valence-electron chi connectivity index (χ1n) is 6.41. The Labute approximate surface area is 109 Å². The van der Waals surface area contributed by atoms with Crippen LogP contribution in [0.25, 0.3) is 0 Å². The molecule has 0 aromatic heterocycles. The molecular weight excluding hydrogens is 226 g/mol. The van der Waals surface area contributed by atoms with Crippen molar-refractivity contribution in [3.63, 3.8) is 0 Å². The van der Waals surface area contributed by atoms with Crippen molar-refractivity contribution in [2.24, 2.45) is 0 Å². The Balaban J connectivity index is 2.44. The molecule has 0 saturated heterocycles. The molecule has 0 atom stereocenters. The molecule has 4 nitrogen and oxygen atoms in total. The third-order valence-corrected chi connectivity index (χ3v) is 2.64. The lowest BCUT2D eigenvalue weighted by molar-refractivity contribution is 0.0954. The highest BCUT2D eigenvalue weighted by Crippen LogP contribution is 2.12. The fraction of sp³-hybridized carbons (Fsp3) is 0.500. The summed E-state index contributed by atoms with van der Waals surface area (Å²) in [6.45, 7) is 4.59. The fourth-order valence-corrected chi connectivity index (χ4v) is 1.59. The topological polar surface area (TPSA) is 44.4 Å². The Morgan fingerprint density at radius 1 is 1.22 bits per heavy atom. The molecule has 0 fully saturated rings. The number of hydrogen-bond donors (Lipinski definition) is 2. The van der Waals surface area contributed by atoms with Crippen LogP contribution >= 0.6 is 0 Å². The van der Waals surface area contributed by atoms with Crippen LogP contribution in [-0.4, -0.2) is 39.6 Å². The molecule has 1 aromatic rings. The summed E-state index contributed by atoms with van der Waals surface area (Å²) in [5.74, 6) is -0.0167. The lowest BCUT2D eigenvalue weighted by Gasteiger charge is -2.13. The zero-order valence-electron chi connectivity index (χ0n) is 11.5. The van der Waals surface area contributed by atoms with Gasteiger partial charge in [0.2, 0.25) is 0 Å². The van der Waals surface area contributed by atoms with Crippen LogP contribution in [-0.2, 0) is 0 Å². The van der Waals surface area contributed by atoms with Gasteiger partial charge in [-0.05, 0) is 31.2 Å². The predicted octanol–water partition coefficient (Wildman–Crippen LogP) is 1.48. The summed E-state index contributed by atoms with van der Waals surface area (Å²) in [5, 5.41) is 6.15. The highest BCUT2D eigenvalue weighted by atomic mass is 16.1. The number of benzene rings is 1. The molecule has 0 saturated carbocycles. The summed E-state index contributed by atoms with van der Waals surface area (Å²) in [5.41, 5.74) is 1.74. The van der Waals surface area contributed by atoms with E-state index in [1.54, 1.807) is 0 Å². The van der Waals surface area contributed by atoms with E-state index in [-0.39, 0.29) is 5.91 Å². The number of rotatable bonds is 7. The second-order valence-electron chi connectivity index (χ2n) is 4.45. The normalized spacial score (nSPS) is 10.2. The molecule has 18 heavy (non-hydrogen) atoms. The van der Waals surface area contributed by atoms with Gasteiger partial charge in [-0.3, -0.25) is 4.79 Å². The van der Waals surface area contributed by atoms with E-state index in [1.807, 2.05) is 43.3 Å².